The van der Waals surface area contributed by atoms with Crippen LogP contribution in [0, 0.1) is 0 Å². The van der Waals surface area contributed by atoms with E-state index in [0.717, 1.165) is 23.5 Å². The number of methoxy groups -OCH3 is 1. The maximum absolute atomic E-state index is 12.7. The largest absolute Gasteiger partial charge is 0.384 e. The molecular formula is C21H26N2O5S2. The molecule has 0 bridgehead atoms. The highest BCUT2D eigenvalue weighted by Gasteiger charge is 2.20. The Morgan fingerprint density at radius 3 is 2.67 bits per heavy atom. The lowest BCUT2D eigenvalue weighted by atomic mass is 10.2. The van der Waals surface area contributed by atoms with Crippen LogP contribution in [0.1, 0.15) is 23.2 Å². The molecule has 0 aliphatic carbocycles. The Morgan fingerprint density at radius 1 is 1.20 bits per heavy atom. The van der Waals surface area contributed by atoms with Crippen molar-refractivity contribution in [3.63, 3.8) is 0 Å². The average molecular weight is 451 g/mol. The second-order valence-electron chi connectivity index (χ2n) is 6.80. The van der Waals surface area contributed by atoms with E-state index in [4.69, 9.17) is 9.47 Å². The summed E-state index contributed by atoms with van der Waals surface area (Å²) in [7, 11) is -1.98. The van der Waals surface area contributed by atoms with Crippen LogP contribution >= 0.6 is 11.8 Å². The highest BCUT2D eigenvalue weighted by atomic mass is 32.2. The first-order chi connectivity index (χ1) is 14.5. The second-order valence-corrected chi connectivity index (χ2v) is 9.71. The van der Waals surface area contributed by atoms with E-state index in [0.29, 0.717) is 24.5 Å². The SMILES string of the molecule is COCCSc1ccccc1C(=O)Nc1ccc(S(=O)(=O)NCC2CCCO2)cc1. The lowest BCUT2D eigenvalue weighted by Gasteiger charge is -2.12. The molecule has 1 aliphatic heterocycles. The average Bonchev–Trinajstić information content (AvgIpc) is 3.27. The van der Waals surface area contributed by atoms with E-state index in [1.807, 2.05) is 18.2 Å². The Hall–Kier alpha value is -1.91. The zero-order valence-corrected chi connectivity index (χ0v) is 18.4. The van der Waals surface area contributed by atoms with Crippen molar-refractivity contribution in [3.8, 4) is 0 Å². The molecule has 2 aromatic rings. The molecule has 1 amide bonds. The van der Waals surface area contributed by atoms with Gasteiger partial charge in [-0.25, -0.2) is 13.1 Å². The molecule has 3 rings (SSSR count). The van der Waals surface area contributed by atoms with Gasteiger partial charge in [0.25, 0.3) is 5.91 Å². The van der Waals surface area contributed by atoms with E-state index in [-0.39, 0.29) is 23.5 Å². The van der Waals surface area contributed by atoms with Crippen molar-refractivity contribution in [1.29, 1.82) is 0 Å². The number of anilines is 1. The summed E-state index contributed by atoms with van der Waals surface area (Å²) >= 11 is 1.55. The molecule has 162 valence electrons. The molecule has 1 unspecified atom stereocenters. The van der Waals surface area contributed by atoms with Gasteiger partial charge >= 0.3 is 0 Å². The van der Waals surface area contributed by atoms with Gasteiger partial charge in [0.05, 0.1) is 23.2 Å². The lowest BCUT2D eigenvalue weighted by Crippen LogP contribution is -2.31. The number of thioether (sulfide) groups is 1. The molecule has 1 saturated heterocycles. The molecule has 1 heterocycles. The summed E-state index contributed by atoms with van der Waals surface area (Å²) in [5, 5.41) is 2.83. The van der Waals surface area contributed by atoms with Crippen molar-refractivity contribution in [2.45, 2.75) is 28.7 Å². The van der Waals surface area contributed by atoms with Gasteiger partial charge in [-0.1, -0.05) is 12.1 Å². The van der Waals surface area contributed by atoms with E-state index in [9.17, 15) is 13.2 Å². The van der Waals surface area contributed by atoms with E-state index < -0.39 is 10.0 Å². The van der Waals surface area contributed by atoms with Crippen molar-refractivity contribution in [1.82, 2.24) is 4.72 Å². The number of carbonyl (C=O) groups excluding carboxylic acids is 1. The van der Waals surface area contributed by atoms with E-state index in [1.165, 1.54) is 12.1 Å². The van der Waals surface area contributed by atoms with Gasteiger partial charge in [0, 0.05) is 36.6 Å². The second kappa shape index (κ2) is 10.9. The number of nitrogens with one attached hydrogen (secondary N) is 2. The fourth-order valence-electron chi connectivity index (χ4n) is 3.02. The Morgan fingerprint density at radius 2 is 1.97 bits per heavy atom. The van der Waals surface area contributed by atoms with Crippen molar-refractivity contribution in [2.75, 3.05) is 37.9 Å². The highest BCUT2D eigenvalue weighted by molar-refractivity contribution is 7.99. The van der Waals surface area contributed by atoms with Crippen LogP contribution in [0.15, 0.2) is 58.3 Å². The molecule has 0 radical (unpaired) electrons. The summed E-state index contributed by atoms with van der Waals surface area (Å²) in [6, 6.07) is 13.5. The number of rotatable bonds is 10. The van der Waals surface area contributed by atoms with E-state index >= 15 is 0 Å². The fourth-order valence-corrected chi connectivity index (χ4v) is 5.05. The molecule has 2 N–H and O–H groups in total. The highest BCUT2D eigenvalue weighted by Crippen LogP contribution is 2.24. The van der Waals surface area contributed by atoms with Gasteiger partial charge in [-0.05, 0) is 49.2 Å². The Kier molecular flexibility index (Phi) is 8.29. The number of hydrogen-bond donors (Lipinski definition) is 2. The summed E-state index contributed by atoms with van der Waals surface area (Å²) < 4.78 is 38.0. The van der Waals surface area contributed by atoms with Crippen LogP contribution in [-0.2, 0) is 19.5 Å². The number of hydrogen-bond acceptors (Lipinski definition) is 6. The minimum Gasteiger partial charge on any atom is -0.384 e. The third-order valence-corrected chi connectivity index (χ3v) is 7.10. The first-order valence-corrected chi connectivity index (χ1v) is 12.2. The molecule has 30 heavy (non-hydrogen) atoms. The summed E-state index contributed by atoms with van der Waals surface area (Å²) in [6.07, 6.45) is 1.74. The van der Waals surface area contributed by atoms with E-state index in [1.54, 1.807) is 37.1 Å². The molecule has 1 aliphatic rings. The molecule has 0 spiro atoms. The quantitative estimate of drug-likeness (QED) is 0.427. The predicted octanol–water partition coefficient (Wildman–Crippen LogP) is 3.13. The lowest BCUT2D eigenvalue weighted by molar-refractivity contribution is 0.102. The van der Waals surface area contributed by atoms with Gasteiger partial charge in [-0.15, -0.1) is 11.8 Å². The van der Waals surface area contributed by atoms with Crippen LogP contribution in [-0.4, -0.2) is 53.1 Å². The first-order valence-electron chi connectivity index (χ1n) is 9.73. The molecule has 2 aromatic carbocycles. The van der Waals surface area contributed by atoms with Crippen LogP contribution in [0.3, 0.4) is 0 Å². The minimum atomic E-state index is -3.62. The number of sulfonamides is 1. The molecule has 1 atom stereocenters. The molecule has 1 fully saturated rings. The smallest absolute Gasteiger partial charge is 0.256 e. The minimum absolute atomic E-state index is 0.0693. The summed E-state index contributed by atoms with van der Waals surface area (Å²) in [5.41, 5.74) is 1.09. The number of carbonyl (C=O) groups is 1. The Bertz CT molecular complexity index is 942. The third-order valence-electron chi connectivity index (χ3n) is 4.62. The van der Waals surface area contributed by atoms with Crippen LogP contribution < -0.4 is 10.0 Å². The van der Waals surface area contributed by atoms with Crippen molar-refractivity contribution in [3.05, 3.63) is 54.1 Å². The Labute approximate surface area is 181 Å². The van der Waals surface area contributed by atoms with Crippen LogP contribution in [0.4, 0.5) is 5.69 Å². The monoisotopic (exact) mass is 450 g/mol. The first kappa shape index (κ1) is 22.8. The van der Waals surface area contributed by atoms with Gasteiger partial charge in [0.2, 0.25) is 10.0 Å². The molecule has 0 aromatic heterocycles. The number of amides is 1. The Balaban J connectivity index is 1.62. The zero-order valence-electron chi connectivity index (χ0n) is 16.8. The van der Waals surface area contributed by atoms with Gasteiger partial charge in [0.15, 0.2) is 0 Å². The van der Waals surface area contributed by atoms with Crippen molar-refractivity contribution >= 4 is 33.4 Å². The predicted molar refractivity (Wildman–Crippen MR) is 118 cm³/mol. The van der Waals surface area contributed by atoms with Gasteiger partial charge < -0.3 is 14.8 Å². The standard InChI is InChI=1S/C21H26N2O5S2/c1-27-13-14-29-20-7-3-2-6-19(20)21(24)23-16-8-10-18(11-9-16)30(25,26)22-15-17-5-4-12-28-17/h2-3,6-11,17,22H,4-5,12-15H2,1H3,(H,23,24). The van der Waals surface area contributed by atoms with Gasteiger partial charge in [-0.2, -0.15) is 0 Å². The maximum Gasteiger partial charge on any atom is 0.256 e. The number of ether oxygens (including phenoxy) is 2. The van der Waals surface area contributed by atoms with Gasteiger partial charge in [-0.3, -0.25) is 4.79 Å². The number of benzene rings is 2. The molecule has 0 saturated carbocycles. The molecular weight excluding hydrogens is 424 g/mol. The summed E-state index contributed by atoms with van der Waals surface area (Å²) in [5.74, 6) is 0.495. The van der Waals surface area contributed by atoms with Crippen LogP contribution in [0.2, 0.25) is 0 Å². The topological polar surface area (TPSA) is 93.7 Å². The maximum atomic E-state index is 12.7. The fraction of sp³-hybridized carbons (Fsp3) is 0.381. The zero-order chi connectivity index (χ0) is 21.4. The third kappa shape index (κ3) is 6.29. The van der Waals surface area contributed by atoms with Crippen molar-refractivity contribution in [2.24, 2.45) is 0 Å². The summed E-state index contributed by atoms with van der Waals surface area (Å²) in [4.78, 5) is 13.7. The normalized spacial score (nSPS) is 16.5. The molecule has 9 heteroatoms. The molecule has 7 nitrogen and oxygen atoms in total. The summed E-state index contributed by atoms with van der Waals surface area (Å²) in [6.45, 7) is 1.53. The van der Waals surface area contributed by atoms with Crippen LogP contribution in [0.5, 0.6) is 0 Å². The van der Waals surface area contributed by atoms with Crippen molar-refractivity contribution < 1.29 is 22.7 Å². The van der Waals surface area contributed by atoms with Crippen LogP contribution in [0.25, 0.3) is 0 Å². The van der Waals surface area contributed by atoms with E-state index in [2.05, 4.69) is 10.0 Å². The van der Waals surface area contributed by atoms with Gasteiger partial charge in [0.1, 0.15) is 0 Å².